The highest BCUT2D eigenvalue weighted by molar-refractivity contribution is 5.94. The summed E-state index contributed by atoms with van der Waals surface area (Å²) in [6, 6.07) is 13.2. The molecule has 176 valence electrons. The van der Waals surface area contributed by atoms with Crippen LogP contribution in [0.5, 0.6) is 11.5 Å². The van der Waals surface area contributed by atoms with Crippen molar-refractivity contribution in [3.05, 3.63) is 65.7 Å². The van der Waals surface area contributed by atoms with Crippen molar-refractivity contribution in [2.24, 2.45) is 0 Å². The maximum absolute atomic E-state index is 12.1. The van der Waals surface area contributed by atoms with Crippen LogP contribution in [0.4, 0.5) is 0 Å². The third kappa shape index (κ3) is 6.39. The van der Waals surface area contributed by atoms with Gasteiger partial charge in [0.05, 0.1) is 7.11 Å². The SMILES string of the molecule is COc1cccc(/C=C/C(=O)OC[C@H]2O[C@@H](Oc3ccc(C(C)=O)cc3)[C@H](O)[C@@H](O)[C@@H]2O)c1. The topological polar surface area (TPSA) is 132 Å². The fraction of sp³-hybridized carbons (Fsp3) is 0.333. The van der Waals surface area contributed by atoms with Crippen LogP contribution < -0.4 is 9.47 Å². The van der Waals surface area contributed by atoms with E-state index in [-0.39, 0.29) is 18.1 Å². The van der Waals surface area contributed by atoms with Gasteiger partial charge in [-0.15, -0.1) is 0 Å². The van der Waals surface area contributed by atoms with Crippen LogP contribution in [0.15, 0.2) is 54.6 Å². The number of methoxy groups -OCH3 is 1. The summed E-state index contributed by atoms with van der Waals surface area (Å²) in [6.07, 6.45) is -4.36. The zero-order valence-corrected chi connectivity index (χ0v) is 18.2. The van der Waals surface area contributed by atoms with Crippen molar-refractivity contribution in [3.63, 3.8) is 0 Å². The highest BCUT2D eigenvalue weighted by Gasteiger charge is 2.45. The third-order valence-electron chi connectivity index (χ3n) is 5.08. The second-order valence-electron chi connectivity index (χ2n) is 7.45. The average molecular weight is 458 g/mol. The predicted molar refractivity (Wildman–Crippen MR) is 117 cm³/mol. The molecule has 0 bridgehead atoms. The van der Waals surface area contributed by atoms with Gasteiger partial charge in [-0.2, -0.15) is 0 Å². The molecule has 9 nitrogen and oxygen atoms in total. The fourth-order valence-corrected chi connectivity index (χ4v) is 3.18. The van der Waals surface area contributed by atoms with Gasteiger partial charge in [0.25, 0.3) is 0 Å². The van der Waals surface area contributed by atoms with Crippen LogP contribution in [0, 0.1) is 0 Å². The molecule has 2 aromatic carbocycles. The first-order chi connectivity index (χ1) is 15.8. The molecule has 1 heterocycles. The normalized spacial score (nSPS) is 24.9. The molecular formula is C24H26O9. The Labute approximate surface area is 190 Å². The van der Waals surface area contributed by atoms with E-state index in [0.717, 1.165) is 5.56 Å². The molecule has 3 N–H and O–H groups in total. The number of Topliss-reactive ketones (excluding diaryl/α,β-unsaturated/α-hetero) is 1. The first kappa shape index (κ1) is 24.4. The number of hydrogen-bond acceptors (Lipinski definition) is 9. The number of hydrogen-bond donors (Lipinski definition) is 3. The average Bonchev–Trinajstić information content (AvgIpc) is 2.82. The van der Waals surface area contributed by atoms with E-state index in [2.05, 4.69) is 0 Å². The molecule has 1 fully saturated rings. The van der Waals surface area contributed by atoms with E-state index in [4.69, 9.17) is 18.9 Å². The number of rotatable bonds is 8. The van der Waals surface area contributed by atoms with Gasteiger partial charge in [-0.1, -0.05) is 12.1 Å². The van der Waals surface area contributed by atoms with Gasteiger partial charge in [0.15, 0.2) is 5.78 Å². The number of ketones is 1. The minimum absolute atomic E-state index is 0.114. The van der Waals surface area contributed by atoms with E-state index < -0.39 is 36.7 Å². The lowest BCUT2D eigenvalue weighted by Crippen LogP contribution is -2.60. The van der Waals surface area contributed by atoms with Gasteiger partial charge in [-0.05, 0) is 55.0 Å². The van der Waals surface area contributed by atoms with Crippen molar-refractivity contribution in [3.8, 4) is 11.5 Å². The van der Waals surface area contributed by atoms with Gasteiger partial charge >= 0.3 is 5.97 Å². The van der Waals surface area contributed by atoms with Gasteiger partial charge in [0.2, 0.25) is 6.29 Å². The van der Waals surface area contributed by atoms with E-state index in [9.17, 15) is 24.9 Å². The molecule has 0 unspecified atom stereocenters. The molecule has 0 amide bonds. The van der Waals surface area contributed by atoms with Crippen molar-refractivity contribution in [1.29, 1.82) is 0 Å². The highest BCUT2D eigenvalue weighted by Crippen LogP contribution is 2.25. The lowest BCUT2D eigenvalue weighted by Gasteiger charge is -2.39. The Balaban J connectivity index is 1.59. The molecule has 1 aliphatic heterocycles. The molecule has 5 atom stereocenters. The number of aliphatic hydroxyl groups excluding tert-OH is 3. The molecule has 33 heavy (non-hydrogen) atoms. The predicted octanol–water partition coefficient (Wildman–Crippen LogP) is 1.34. The number of esters is 1. The number of benzene rings is 2. The highest BCUT2D eigenvalue weighted by atomic mass is 16.7. The third-order valence-corrected chi connectivity index (χ3v) is 5.08. The second kappa shape index (κ2) is 11.1. The molecule has 0 spiro atoms. The number of aliphatic hydroxyl groups is 3. The summed E-state index contributed by atoms with van der Waals surface area (Å²) in [7, 11) is 1.54. The zero-order chi connectivity index (χ0) is 24.0. The van der Waals surface area contributed by atoms with Crippen molar-refractivity contribution < 1.29 is 43.9 Å². The summed E-state index contributed by atoms with van der Waals surface area (Å²) in [4.78, 5) is 23.5. The van der Waals surface area contributed by atoms with Crippen LogP contribution in [0.3, 0.4) is 0 Å². The smallest absolute Gasteiger partial charge is 0.330 e. The summed E-state index contributed by atoms with van der Waals surface area (Å²) in [6.45, 7) is 1.05. The van der Waals surface area contributed by atoms with E-state index in [1.54, 1.807) is 36.4 Å². The molecule has 9 heteroatoms. The Morgan fingerprint density at radius 3 is 2.39 bits per heavy atom. The summed E-state index contributed by atoms with van der Waals surface area (Å²) in [5.41, 5.74) is 1.21. The first-order valence-electron chi connectivity index (χ1n) is 10.2. The summed E-state index contributed by atoms with van der Waals surface area (Å²) in [5, 5.41) is 30.6. The zero-order valence-electron chi connectivity index (χ0n) is 18.2. The maximum atomic E-state index is 12.1. The Bertz CT molecular complexity index is 986. The van der Waals surface area contributed by atoms with Crippen LogP contribution in [0.2, 0.25) is 0 Å². The molecule has 0 saturated carbocycles. The monoisotopic (exact) mass is 458 g/mol. The van der Waals surface area contributed by atoms with Crippen LogP contribution in [0.25, 0.3) is 6.08 Å². The minimum Gasteiger partial charge on any atom is -0.497 e. The summed E-state index contributed by atoms with van der Waals surface area (Å²) in [5.74, 6) is 0.117. The van der Waals surface area contributed by atoms with Gasteiger partial charge in [-0.25, -0.2) is 4.79 Å². The quantitative estimate of drug-likeness (QED) is 0.305. The first-order valence-corrected chi connectivity index (χ1v) is 10.2. The number of carbonyl (C=O) groups is 2. The maximum Gasteiger partial charge on any atom is 0.330 e. The summed E-state index contributed by atoms with van der Waals surface area (Å²) < 4.78 is 21.4. The molecule has 0 aromatic heterocycles. The fourth-order valence-electron chi connectivity index (χ4n) is 3.18. The van der Waals surface area contributed by atoms with E-state index in [1.165, 1.54) is 38.3 Å². The van der Waals surface area contributed by atoms with Gasteiger partial charge in [0.1, 0.15) is 42.5 Å². The van der Waals surface area contributed by atoms with Crippen molar-refractivity contribution >= 4 is 17.8 Å². The standard InChI is InChI=1S/C24H26O9/c1-14(25)16-7-9-17(10-8-16)32-24-23(29)22(28)21(27)19(33-24)13-31-20(26)11-6-15-4-3-5-18(12-15)30-2/h3-12,19,21-24,27-29H,13H2,1-2H3/b11-6+/t19-,21-,22+,23-,24-/m1/s1. The Hall–Kier alpha value is -3.24. The van der Waals surface area contributed by atoms with E-state index in [0.29, 0.717) is 11.3 Å². The van der Waals surface area contributed by atoms with Crippen molar-refractivity contribution in [2.45, 2.75) is 37.6 Å². The van der Waals surface area contributed by atoms with Crippen LogP contribution in [-0.2, 0) is 14.3 Å². The van der Waals surface area contributed by atoms with Crippen molar-refractivity contribution in [2.75, 3.05) is 13.7 Å². The largest absolute Gasteiger partial charge is 0.497 e. The molecule has 1 saturated heterocycles. The van der Waals surface area contributed by atoms with Crippen LogP contribution >= 0.6 is 0 Å². The van der Waals surface area contributed by atoms with Crippen LogP contribution in [0.1, 0.15) is 22.8 Å². The molecule has 1 aliphatic rings. The lowest BCUT2D eigenvalue weighted by molar-refractivity contribution is -0.278. The summed E-state index contributed by atoms with van der Waals surface area (Å²) >= 11 is 0. The number of carbonyl (C=O) groups excluding carboxylic acids is 2. The van der Waals surface area contributed by atoms with E-state index in [1.807, 2.05) is 0 Å². The second-order valence-corrected chi connectivity index (χ2v) is 7.45. The van der Waals surface area contributed by atoms with Gasteiger partial charge in [-0.3, -0.25) is 4.79 Å². The number of ether oxygens (including phenoxy) is 4. The lowest BCUT2D eigenvalue weighted by atomic mass is 9.99. The van der Waals surface area contributed by atoms with E-state index >= 15 is 0 Å². The Kier molecular flexibility index (Phi) is 8.18. The Morgan fingerprint density at radius 1 is 1.00 bits per heavy atom. The van der Waals surface area contributed by atoms with Gasteiger partial charge in [0, 0.05) is 11.6 Å². The van der Waals surface area contributed by atoms with Crippen molar-refractivity contribution in [1.82, 2.24) is 0 Å². The van der Waals surface area contributed by atoms with Gasteiger partial charge < -0.3 is 34.3 Å². The molecule has 2 aromatic rings. The Morgan fingerprint density at radius 2 is 1.73 bits per heavy atom. The molecular weight excluding hydrogens is 432 g/mol. The minimum atomic E-state index is -1.59. The molecule has 0 radical (unpaired) electrons. The van der Waals surface area contributed by atoms with Crippen LogP contribution in [-0.4, -0.2) is 71.5 Å². The molecule has 0 aliphatic carbocycles. The molecule has 3 rings (SSSR count).